The number of methoxy groups -OCH3 is 1. The van der Waals surface area contributed by atoms with Gasteiger partial charge < -0.3 is 19.3 Å². The van der Waals surface area contributed by atoms with Gasteiger partial charge in [-0.05, 0) is 75.6 Å². The van der Waals surface area contributed by atoms with E-state index in [1.54, 1.807) is 7.11 Å². The van der Waals surface area contributed by atoms with Gasteiger partial charge in [0.25, 0.3) is 0 Å². The van der Waals surface area contributed by atoms with Crippen LogP contribution in [0.1, 0.15) is 57.2 Å². The molecule has 5 nitrogen and oxygen atoms in total. The molecule has 3 atom stereocenters. The highest BCUT2D eigenvalue weighted by molar-refractivity contribution is 5.49. The first-order valence-corrected chi connectivity index (χ1v) is 10.3. The molecule has 3 aliphatic rings. The normalized spacial score (nSPS) is 28.4. The number of fused-ring (bicyclic) bond motifs is 3. The molecule has 1 saturated carbocycles. The minimum atomic E-state index is -0.451. The fourth-order valence-corrected chi connectivity index (χ4v) is 4.32. The van der Waals surface area contributed by atoms with Crippen LogP contribution in [0, 0.1) is 5.92 Å². The second-order valence-corrected chi connectivity index (χ2v) is 9.29. The Balaban J connectivity index is 1.54. The first-order chi connectivity index (χ1) is 12.8. The van der Waals surface area contributed by atoms with Crippen molar-refractivity contribution in [3.8, 4) is 11.5 Å². The Morgan fingerprint density at radius 2 is 1.96 bits per heavy atom. The highest BCUT2D eigenvalue weighted by atomic mass is 16.5. The van der Waals surface area contributed by atoms with Gasteiger partial charge in [0.1, 0.15) is 0 Å². The highest BCUT2D eigenvalue weighted by Crippen LogP contribution is 2.43. The number of piperidine rings is 1. The third-order valence-corrected chi connectivity index (χ3v) is 5.88. The molecule has 27 heavy (non-hydrogen) atoms. The van der Waals surface area contributed by atoms with Gasteiger partial charge in [-0.2, -0.15) is 0 Å². The maximum Gasteiger partial charge on any atom is 0.161 e. The number of aliphatic hydroxyl groups excluding tert-OH is 1. The lowest BCUT2D eigenvalue weighted by molar-refractivity contribution is -0.149. The average molecular weight is 376 g/mol. The molecule has 0 spiro atoms. The Morgan fingerprint density at radius 1 is 1.19 bits per heavy atom. The predicted octanol–water partition coefficient (Wildman–Crippen LogP) is 3.33. The lowest BCUT2D eigenvalue weighted by Gasteiger charge is -2.46. The van der Waals surface area contributed by atoms with Crippen LogP contribution in [0.3, 0.4) is 0 Å². The molecule has 0 radical (unpaired) electrons. The quantitative estimate of drug-likeness (QED) is 0.855. The zero-order valence-electron chi connectivity index (χ0n) is 17.0. The van der Waals surface area contributed by atoms with Crippen molar-refractivity contribution in [3.63, 3.8) is 0 Å². The fraction of sp³-hybridized carbons (Fsp3) is 0.727. The molecule has 0 unspecified atom stereocenters. The minimum absolute atomic E-state index is 0.133. The number of aliphatic hydroxyl groups is 1. The van der Waals surface area contributed by atoms with E-state index < -0.39 is 6.10 Å². The second-order valence-electron chi connectivity index (χ2n) is 9.29. The molecule has 5 heteroatoms. The van der Waals surface area contributed by atoms with Crippen LogP contribution in [0.4, 0.5) is 0 Å². The molecule has 1 aliphatic carbocycles. The fourth-order valence-electron chi connectivity index (χ4n) is 4.32. The van der Waals surface area contributed by atoms with Crippen LogP contribution >= 0.6 is 0 Å². The van der Waals surface area contributed by atoms with Crippen LogP contribution in [0.2, 0.25) is 0 Å². The highest BCUT2D eigenvalue weighted by Gasteiger charge is 2.40. The first-order valence-electron chi connectivity index (χ1n) is 10.3. The van der Waals surface area contributed by atoms with Gasteiger partial charge in [-0.3, -0.25) is 4.90 Å². The van der Waals surface area contributed by atoms with Crippen molar-refractivity contribution in [2.75, 3.05) is 26.8 Å². The smallest absolute Gasteiger partial charge is 0.161 e. The molecule has 1 saturated heterocycles. The zero-order chi connectivity index (χ0) is 19.2. The van der Waals surface area contributed by atoms with Gasteiger partial charge in [0, 0.05) is 19.1 Å². The molecule has 1 aromatic rings. The van der Waals surface area contributed by atoms with Crippen molar-refractivity contribution < 1.29 is 19.3 Å². The maximum atomic E-state index is 10.7. The van der Waals surface area contributed by atoms with Crippen molar-refractivity contribution in [3.05, 3.63) is 23.3 Å². The molecule has 2 heterocycles. The topological polar surface area (TPSA) is 51.2 Å². The summed E-state index contributed by atoms with van der Waals surface area (Å²) in [5, 5.41) is 10.7. The van der Waals surface area contributed by atoms with Gasteiger partial charge in [0.2, 0.25) is 0 Å². The van der Waals surface area contributed by atoms with E-state index in [9.17, 15) is 5.11 Å². The van der Waals surface area contributed by atoms with E-state index in [1.807, 2.05) is 20.8 Å². The Hall–Kier alpha value is -1.30. The molecule has 0 aromatic heterocycles. The molecule has 1 aromatic carbocycles. The lowest BCUT2D eigenvalue weighted by Crippen LogP contribution is -2.53. The third kappa shape index (κ3) is 4.25. The zero-order valence-corrected chi connectivity index (χ0v) is 17.0. The Morgan fingerprint density at radius 3 is 2.63 bits per heavy atom. The Kier molecular flexibility index (Phi) is 5.12. The second kappa shape index (κ2) is 7.26. The molecular weight excluding hydrogens is 342 g/mol. The summed E-state index contributed by atoms with van der Waals surface area (Å²) in [5.41, 5.74) is 2.35. The van der Waals surface area contributed by atoms with Crippen LogP contribution in [-0.4, -0.2) is 54.6 Å². The molecule has 150 valence electrons. The van der Waals surface area contributed by atoms with E-state index in [-0.39, 0.29) is 17.7 Å². The molecule has 2 fully saturated rings. The molecule has 0 bridgehead atoms. The number of hydrogen-bond acceptors (Lipinski definition) is 5. The summed E-state index contributed by atoms with van der Waals surface area (Å²) in [5.74, 6) is 2.38. The third-order valence-electron chi connectivity index (χ3n) is 5.88. The van der Waals surface area contributed by atoms with Crippen LogP contribution in [0.15, 0.2) is 12.1 Å². The summed E-state index contributed by atoms with van der Waals surface area (Å²) in [6.07, 6.45) is 3.66. The van der Waals surface area contributed by atoms with E-state index in [2.05, 4.69) is 17.0 Å². The standard InChI is InChI=1S/C22H33NO4/c1-22(2,3)27-21-12-23-8-7-15-9-20(26-13-14-5-6-14)19(25-4)10-16(15)17(23)11-18(21)24/h9-10,14,17-18,21,24H,5-8,11-13H2,1-4H3/t17-,18-,21-/m1/s1. The van der Waals surface area contributed by atoms with Gasteiger partial charge in [-0.25, -0.2) is 0 Å². The van der Waals surface area contributed by atoms with Gasteiger partial charge in [0.05, 0.1) is 31.5 Å². The number of nitrogens with zero attached hydrogens (tertiary/aromatic N) is 1. The maximum absolute atomic E-state index is 10.7. The number of ether oxygens (including phenoxy) is 3. The predicted molar refractivity (Wildman–Crippen MR) is 104 cm³/mol. The van der Waals surface area contributed by atoms with Crippen LogP contribution in [0.5, 0.6) is 11.5 Å². The van der Waals surface area contributed by atoms with E-state index in [4.69, 9.17) is 14.2 Å². The Bertz CT molecular complexity index is 680. The summed E-state index contributed by atoms with van der Waals surface area (Å²) in [4.78, 5) is 2.45. The number of hydrogen-bond donors (Lipinski definition) is 1. The summed E-state index contributed by atoms with van der Waals surface area (Å²) in [7, 11) is 1.70. The van der Waals surface area contributed by atoms with Gasteiger partial charge in [-0.1, -0.05) is 0 Å². The first kappa shape index (κ1) is 19.0. The van der Waals surface area contributed by atoms with E-state index in [0.717, 1.165) is 43.5 Å². The Labute approximate surface area is 162 Å². The van der Waals surface area contributed by atoms with Gasteiger partial charge in [-0.15, -0.1) is 0 Å². The lowest BCUT2D eigenvalue weighted by atomic mass is 9.84. The van der Waals surface area contributed by atoms with Gasteiger partial charge in [0.15, 0.2) is 11.5 Å². The summed E-state index contributed by atoms with van der Waals surface area (Å²) in [6, 6.07) is 4.51. The number of rotatable bonds is 5. The van der Waals surface area contributed by atoms with Crippen molar-refractivity contribution in [1.82, 2.24) is 4.90 Å². The molecule has 2 aliphatic heterocycles. The molecule has 0 amide bonds. The van der Waals surface area contributed by atoms with Crippen molar-refractivity contribution in [2.45, 2.75) is 70.3 Å². The average Bonchev–Trinajstić information content (AvgIpc) is 3.43. The van der Waals surface area contributed by atoms with E-state index >= 15 is 0 Å². The van der Waals surface area contributed by atoms with Crippen LogP contribution < -0.4 is 9.47 Å². The number of benzene rings is 1. The largest absolute Gasteiger partial charge is 0.493 e. The molecule has 4 rings (SSSR count). The summed E-state index contributed by atoms with van der Waals surface area (Å²) < 4.78 is 17.8. The van der Waals surface area contributed by atoms with E-state index in [0.29, 0.717) is 6.42 Å². The minimum Gasteiger partial charge on any atom is -0.493 e. The van der Waals surface area contributed by atoms with Crippen LogP contribution in [-0.2, 0) is 11.2 Å². The van der Waals surface area contributed by atoms with Crippen molar-refractivity contribution in [2.24, 2.45) is 5.92 Å². The summed E-state index contributed by atoms with van der Waals surface area (Å²) in [6.45, 7) is 8.69. The van der Waals surface area contributed by atoms with E-state index in [1.165, 1.54) is 24.0 Å². The molecule has 1 N–H and O–H groups in total. The molecular formula is C22H33NO4. The summed E-state index contributed by atoms with van der Waals surface area (Å²) >= 11 is 0. The van der Waals surface area contributed by atoms with Gasteiger partial charge >= 0.3 is 0 Å². The monoisotopic (exact) mass is 375 g/mol. The SMILES string of the molecule is COc1cc2c(cc1OCC1CC1)CCN1C[C@@H](OC(C)(C)C)[C@H](O)C[C@H]21. The van der Waals surface area contributed by atoms with Crippen molar-refractivity contribution >= 4 is 0 Å². The van der Waals surface area contributed by atoms with Crippen molar-refractivity contribution in [1.29, 1.82) is 0 Å². The van der Waals surface area contributed by atoms with Crippen LogP contribution in [0.25, 0.3) is 0 Å².